The van der Waals surface area contributed by atoms with E-state index >= 15 is 0 Å². The molecule has 1 N–H and O–H groups in total. The Kier molecular flexibility index (Phi) is 5.45. The van der Waals surface area contributed by atoms with Crippen molar-refractivity contribution >= 4 is 17.7 Å². The van der Waals surface area contributed by atoms with Crippen LogP contribution in [-0.2, 0) is 16.1 Å². The van der Waals surface area contributed by atoms with Gasteiger partial charge in [-0.15, -0.1) is 0 Å². The second-order valence-electron chi connectivity index (χ2n) is 4.89. The molecule has 1 aliphatic rings. The Morgan fingerprint density at radius 3 is 3.15 bits per heavy atom. The minimum absolute atomic E-state index is 0.0308. The number of nitrogens with zero attached hydrogens (tertiary/aromatic N) is 3. The van der Waals surface area contributed by atoms with E-state index in [9.17, 15) is 4.79 Å². The van der Waals surface area contributed by atoms with Gasteiger partial charge in [0.05, 0.1) is 30.7 Å². The van der Waals surface area contributed by atoms with Crippen LogP contribution in [0.25, 0.3) is 0 Å². The maximum absolute atomic E-state index is 10.7. The first-order valence-corrected chi connectivity index (χ1v) is 7.79. The summed E-state index contributed by atoms with van der Waals surface area (Å²) in [5.74, 6) is -0.795. The summed E-state index contributed by atoms with van der Waals surface area (Å²) in [7, 11) is 0. The molecule has 2 heterocycles. The van der Waals surface area contributed by atoms with Crippen molar-refractivity contribution in [1.29, 1.82) is 0 Å². The van der Waals surface area contributed by atoms with Crippen LogP contribution in [0, 0.1) is 6.92 Å². The zero-order chi connectivity index (χ0) is 14.5. The standard InChI is InChI=1S/C13H21N3O3S/c1-3-15-4-5-19-11(7-15)8-16-6-10(2)14-13(16)20-9-12(17)18/h6,11H,3-5,7-9H2,1-2H3,(H,17,18). The lowest BCUT2D eigenvalue weighted by Crippen LogP contribution is -2.43. The zero-order valence-electron chi connectivity index (χ0n) is 11.9. The molecular formula is C13H21N3O3S. The molecule has 7 heteroatoms. The Balaban J connectivity index is 1.99. The van der Waals surface area contributed by atoms with Crippen molar-refractivity contribution in [2.24, 2.45) is 0 Å². The molecule has 1 aromatic heterocycles. The number of thioether (sulfide) groups is 1. The van der Waals surface area contributed by atoms with Crippen molar-refractivity contribution in [2.75, 3.05) is 32.0 Å². The van der Waals surface area contributed by atoms with Crippen LogP contribution in [-0.4, -0.2) is 63.6 Å². The molecular weight excluding hydrogens is 278 g/mol. The molecule has 1 atom stereocenters. The fourth-order valence-electron chi connectivity index (χ4n) is 2.29. The highest BCUT2D eigenvalue weighted by Crippen LogP contribution is 2.19. The highest BCUT2D eigenvalue weighted by atomic mass is 32.2. The zero-order valence-corrected chi connectivity index (χ0v) is 12.7. The van der Waals surface area contributed by atoms with Crippen LogP contribution in [0.2, 0.25) is 0 Å². The molecule has 0 aromatic carbocycles. The molecule has 1 saturated heterocycles. The first-order chi connectivity index (χ1) is 9.58. The van der Waals surface area contributed by atoms with Crippen LogP contribution < -0.4 is 0 Å². The van der Waals surface area contributed by atoms with Crippen LogP contribution in [0.15, 0.2) is 11.4 Å². The van der Waals surface area contributed by atoms with Gasteiger partial charge in [-0.05, 0) is 13.5 Å². The molecule has 1 aromatic rings. The van der Waals surface area contributed by atoms with Crippen molar-refractivity contribution in [2.45, 2.75) is 31.7 Å². The topological polar surface area (TPSA) is 67.6 Å². The number of hydrogen-bond acceptors (Lipinski definition) is 5. The van der Waals surface area contributed by atoms with Crippen molar-refractivity contribution in [3.05, 3.63) is 11.9 Å². The van der Waals surface area contributed by atoms with E-state index in [2.05, 4.69) is 16.8 Å². The Labute approximate surface area is 123 Å². The number of imidazole rings is 1. The molecule has 6 nitrogen and oxygen atoms in total. The number of morpholine rings is 1. The first-order valence-electron chi connectivity index (χ1n) is 6.80. The van der Waals surface area contributed by atoms with Crippen molar-refractivity contribution in [3.8, 4) is 0 Å². The van der Waals surface area contributed by atoms with Gasteiger partial charge in [0.2, 0.25) is 0 Å². The smallest absolute Gasteiger partial charge is 0.313 e. The molecule has 0 saturated carbocycles. The molecule has 0 bridgehead atoms. The van der Waals surface area contributed by atoms with Gasteiger partial charge in [-0.25, -0.2) is 4.98 Å². The molecule has 0 radical (unpaired) electrons. The molecule has 0 spiro atoms. The number of aromatic nitrogens is 2. The monoisotopic (exact) mass is 299 g/mol. The molecule has 1 unspecified atom stereocenters. The van der Waals surface area contributed by atoms with E-state index in [0.29, 0.717) is 0 Å². The van der Waals surface area contributed by atoms with Gasteiger partial charge in [0.15, 0.2) is 5.16 Å². The van der Waals surface area contributed by atoms with Crippen molar-refractivity contribution < 1.29 is 14.6 Å². The summed E-state index contributed by atoms with van der Waals surface area (Å²) in [6.07, 6.45) is 2.10. The number of carboxylic acid groups (broad SMARTS) is 1. The quantitative estimate of drug-likeness (QED) is 0.793. The van der Waals surface area contributed by atoms with Crippen LogP contribution in [0.4, 0.5) is 0 Å². The number of aryl methyl sites for hydroxylation is 1. The molecule has 2 rings (SSSR count). The van der Waals surface area contributed by atoms with E-state index in [4.69, 9.17) is 9.84 Å². The van der Waals surface area contributed by atoms with Gasteiger partial charge in [0, 0.05) is 19.3 Å². The van der Waals surface area contributed by atoms with Gasteiger partial charge >= 0.3 is 5.97 Å². The maximum Gasteiger partial charge on any atom is 0.313 e. The van der Waals surface area contributed by atoms with Crippen LogP contribution in [0.5, 0.6) is 0 Å². The Hall–Kier alpha value is -1.05. The molecule has 1 fully saturated rings. The van der Waals surface area contributed by atoms with Gasteiger partial charge < -0.3 is 14.4 Å². The van der Waals surface area contributed by atoms with E-state index < -0.39 is 5.97 Å². The Bertz CT molecular complexity index is 464. The van der Waals surface area contributed by atoms with Crippen LogP contribution in [0.3, 0.4) is 0 Å². The molecule has 1 aliphatic heterocycles. The lowest BCUT2D eigenvalue weighted by molar-refractivity contribution is -0.133. The number of likely N-dealkylation sites (N-methyl/N-ethyl adjacent to an activating group) is 1. The number of aliphatic carboxylic acids is 1. The minimum Gasteiger partial charge on any atom is -0.481 e. The average Bonchev–Trinajstić information content (AvgIpc) is 2.76. The lowest BCUT2D eigenvalue weighted by atomic mass is 10.2. The molecule has 20 heavy (non-hydrogen) atoms. The number of carbonyl (C=O) groups is 1. The van der Waals surface area contributed by atoms with E-state index in [-0.39, 0.29) is 11.9 Å². The second kappa shape index (κ2) is 7.10. The SMILES string of the molecule is CCN1CCOC(Cn2cc(C)nc2SCC(=O)O)C1. The fraction of sp³-hybridized carbons (Fsp3) is 0.692. The molecule has 0 amide bonds. The number of ether oxygens (including phenoxy) is 1. The summed E-state index contributed by atoms with van der Waals surface area (Å²) in [5.41, 5.74) is 0.904. The minimum atomic E-state index is -0.826. The Morgan fingerprint density at radius 1 is 1.65 bits per heavy atom. The fourth-order valence-corrected chi connectivity index (χ4v) is 3.05. The van der Waals surface area contributed by atoms with E-state index in [1.165, 1.54) is 11.8 Å². The van der Waals surface area contributed by atoms with Gasteiger partial charge in [-0.1, -0.05) is 18.7 Å². The van der Waals surface area contributed by atoms with Gasteiger partial charge in [0.25, 0.3) is 0 Å². The van der Waals surface area contributed by atoms with E-state index in [1.54, 1.807) is 0 Å². The summed E-state index contributed by atoms with van der Waals surface area (Å²) in [6, 6.07) is 0. The largest absolute Gasteiger partial charge is 0.481 e. The predicted molar refractivity (Wildman–Crippen MR) is 77.2 cm³/mol. The maximum atomic E-state index is 10.7. The third kappa shape index (κ3) is 4.22. The Morgan fingerprint density at radius 2 is 2.45 bits per heavy atom. The third-order valence-electron chi connectivity index (χ3n) is 3.26. The van der Waals surface area contributed by atoms with Gasteiger partial charge in [-0.2, -0.15) is 0 Å². The highest BCUT2D eigenvalue weighted by molar-refractivity contribution is 7.99. The van der Waals surface area contributed by atoms with Crippen molar-refractivity contribution in [3.63, 3.8) is 0 Å². The average molecular weight is 299 g/mol. The van der Waals surface area contributed by atoms with E-state index in [0.717, 1.165) is 43.6 Å². The van der Waals surface area contributed by atoms with Crippen LogP contribution in [0.1, 0.15) is 12.6 Å². The number of hydrogen-bond donors (Lipinski definition) is 1. The normalized spacial score (nSPS) is 20.2. The van der Waals surface area contributed by atoms with E-state index in [1.807, 2.05) is 17.7 Å². The number of carboxylic acids is 1. The summed E-state index contributed by atoms with van der Waals surface area (Å²) in [5, 5.41) is 9.52. The van der Waals surface area contributed by atoms with Gasteiger partial charge in [-0.3, -0.25) is 9.69 Å². The predicted octanol–water partition coefficient (Wildman–Crippen LogP) is 1.09. The second-order valence-corrected chi connectivity index (χ2v) is 5.83. The summed E-state index contributed by atoms with van der Waals surface area (Å²) < 4.78 is 7.79. The third-order valence-corrected chi connectivity index (χ3v) is 4.23. The summed E-state index contributed by atoms with van der Waals surface area (Å²) >= 11 is 1.25. The van der Waals surface area contributed by atoms with Crippen LogP contribution >= 0.6 is 11.8 Å². The summed E-state index contributed by atoms with van der Waals surface area (Å²) in [4.78, 5) is 17.4. The highest BCUT2D eigenvalue weighted by Gasteiger charge is 2.21. The molecule has 112 valence electrons. The van der Waals surface area contributed by atoms with Gasteiger partial charge in [0.1, 0.15) is 0 Å². The van der Waals surface area contributed by atoms with Crippen molar-refractivity contribution in [1.82, 2.24) is 14.5 Å². The first kappa shape index (κ1) is 15.3. The lowest BCUT2D eigenvalue weighted by Gasteiger charge is -2.32. The molecule has 0 aliphatic carbocycles. The number of rotatable bonds is 6. The summed E-state index contributed by atoms with van der Waals surface area (Å²) in [6.45, 7) is 8.47.